The Labute approximate surface area is 141 Å². The van der Waals surface area contributed by atoms with Crippen LogP contribution in [-0.4, -0.2) is 31.5 Å². The van der Waals surface area contributed by atoms with E-state index in [0.29, 0.717) is 18.9 Å². The lowest BCUT2D eigenvalue weighted by Crippen LogP contribution is -2.42. The summed E-state index contributed by atoms with van der Waals surface area (Å²) in [5, 5.41) is 12.1. The van der Waals surface area contributed by atoms with Crippen LogP contribution in [0.3, 0.4) is 0 Å². The van der Waals surface area contributed by atoms with E-state index in [1.165, 1.54) is 0 Å². The van der Waals surface area contributed by atoms with Gasteiger partial charge in [0.25, 0.3) is 0 Å². The van der Waals surface area contributed by atoms with Crippen molar-refractivity contribution in [3.8, 4) is 0 Å². The van der Waals surface area contributed by atoms with Crippen LogP contribution in [0.5, 0.6) is 0 Å². The summed E-state index contributed by atoms with van der Waals surface area (Å²) in [7, 11) is 2.01. The van der Waals surface area contributed by atoms with Crippen molar-refractivity contribution in [1.82, 2.24) is 24.9 Å². The highest BCUT2D eigenvalue weighted by molar-refractivity contribution is 5.89. The topological polar surface area (TPSA) is 64.7 Å². The molecule has 2 aromatic heterocycles. The number of rotatable bonds is 6. The number of nitrogens with one attached hydrogen (secondary N) is 1. The number of carbonyl (C=O) groups is 1. The van der Waals surface area contributed by atoms with E-state index in [-0.39, 0.29) is 11.9 Å². The molecular weight excluding hydrogens is 302 g/mol. The summed E-state index contributed by atoms with van der Waals surface area (Å²) in [5.41, 5.74) is 2.19. The van der Waals surface area contributed by atoms with Gasteiger partial charge in [-0.2, -0.15) is 0 Å². The standard InChI is InChI=1S/C18H23N5O/c1-13(2)16(12-23-9-8-19-21-23)20-18(24)10-14-11-22(3)17-7-5-4-6-15(14)17/h4-9,11,13,16H,10,12H2,1-3H3,(H,20,24)/t16-/m0/s1. The lowest BCUT2D eigenvalue weighted by Gasteiger charge is -2.22. The Hall–Kier alpha value is -2.63. The Morgan fingerprint density at radius 1 is 1.29 bits per heavy atom. The fourth-order valence-electron chi connectivity index (χ4n) is 2.95. The molecule has 0 radical (unpaired) electrons. The van der Waals surface area contributed by atoms with E-state index in [1.54, 1.807) is 10.9 Å². The van der Waals surface area contributed by atoms with Crippen LogP contribution in [0.4, 0.5) is 0 Å². The van der Waals surface area contributed by atoms with Gasteiger partial charge in [0, 0.05) is 30.3 Å². The van der Waals surface area contributed by atoms with Crippen molar-refractivity contribution in [1.29, 1.82) is 0 Å². The number of nitrogens with zero attached hydrogens (tertiary/aromatic N) is 4. The van der Waals surface area contributed by atoms with Gasteiger partial charge in [0.1, 0.15) is 0 Å². The van der Waals surface area contributed by atoms with Gasteiger partial charge in [-0.3, -0.25) is 9.48 Å². The average Bonchev–Trinajstić information content (AvgIpc) is 3.16. The normalized spacial score (nSPS) is 12.7. The molecule has 1 atom stereocenters. The van der Waals surface area contributed by atoms with Crippen molar-refractivity contribution in [2.45, 2.75) is 32.9 Å². The smallest absolute Gasteiger partial charge is 0.224 e. The summed E-state index contributed by atoms with van der Waals surface area (Å²) in [4.78, 5) is 12.5. The lowest BCUT2D eigenvalue weighted by atomic mass is 10.0. The number of carbonyl (C=O) groups excluding carboxylic acids is 1. The number of hydrogen-bond donors (Lipinski definition) is 1. The summed E-state index contributed by atoms with van der Waals surface area (Å²) in [6.45, 7) is 4.82. The molecule has 0 spiro atoms. The summed E-state index contributed by atoms with van der Waals surface area (Å²) < 4.78 is 3.82. The highest BCUT2D eigenvalue weighted by Crippen LogP contribution is 2.20. The molecule has 3 aromatic rings. The minimum atomic E-state index is 0.0224. The molecule has 6 heteroatoms. The van der Waals surface area contributed by atoms with Crippen LogP contribution in [0.25, 0.3) is 10.9 Å². The molecule has 0 unspecified atom stereocenters. The van der Waals surface area contributed by atoms with Gasteiger partial charge in [-0.05, 0) is 17.5 Å². The molecule has 2 heterocycles. The minimum Gasteiger partial charge on any atom is -0.351 e. The fraction of sp³-hybridized carbons (Fsp3) is 0.389. The molecule has 0 aliphatic rings. The van der Waals surface area contributed by atoms with Crippen molar-refractivity contribution < 1.29 is 4.79 Å². The third kappa shape index (κ3) is 3.48. The molecule has 24 heavy (non-hydrogen) atoms. The summed E-state index contributed by atoms with van der Waals surface area (Å²) >= 11 is 0. The predicted octanol–water partition coefficient (Wildman–Crippen LogP) is 2.15. The number of para-hydroxylation sites is 1. The van der Waals surface area contributed by atoms with Crippen LogP contribution in [0.2, 0.25) is 0 Å². The third-order valence-corrected chi connectivity index (χ3v) is 4.34. The number of fused-ring (bicyclic) bond motifs is 1. The molecule has 3 rings (SSSR count). The van der Waals surface area contributed by atoms with Crippen LogP contribution in [0.1, 0.15) is 19.4 Å². The molecule has 0 saturated carbocycles. The quantitative estimate of drug-likeness (QED) is 0.755. The zero-order valence-corrected chi connectivity index (χ0v) is 14.3. The fourth-order valence-corrected chi connectivity index (χ4v) is 2.95. The zero-order chi connectivity index (χ0) is 17.1. The molecule has 1 amide bonds. The Bertz CT molecular complexity index is 819. The van der Waals surface area contributed by atoms with Crippen molar-refractivity contribution in [3.05, 3.63) is 48.4 Å². The van der Waals surface area contributed by atoms with Gasteiger partial charge in [-0.15, -0.1) is 5.10 Å². The molecule has 1 N–H and O–H groups in total. The lowest BCUT2D eigenvalue weighted by molar-refractivity contribution is -0.121. The van der Waals surface area contributed by atoms with Crippen molar-refractivity contribution >= 4 is 16.8 Å². The highest BCUT2D eigenvalue weighted by Gasteiger charge is 2.18. The van der Waals surface area contributed by atoms with Gasteiger partial charge in [-0.25, -0.2) is 0 Å². The third-order valence-electron chi connectivity index (χ3n) is 4.34. The molecule has 1 aromatic carbocycles. The van der Waals surface area contributed by atoms with Gasteiger partial charge >= 0.3 is 0 Å². The molecule has 0 bridgehead atoms. The maximum Gasteiger partial charge on any atom is 0.224 e. The van der Waals surface area contributed by atoms with Gasteiger partial charge in [-0.1, -0.05) is 37.3 Å². The maximum absolute atomic E-state index is 12.5. The van der Waals surface area contributed by atoms with E-state index in [2.05, 4.69) is 46.2 Å². The van der Waals surface area contributed by atoms with Crippen molar-refractivity contribution in [3.63, 3.8) is 0 Å². The second-order valence-corrected chi connectivity index (χ2v) is 6.50. The monoisotopic (exact) mass is 325 g/mol. The molecular formula is C18H23N5O. The molecule has 0 fully saturated rings. The maximum atomic E-state index is 12.5. The van der Waals surface area contributed by atoms with E-state index >= 15 is 0 Å². The Morgan fingerprint density at radius 3 is 2.79 bits per heavy atom. The first-order chi connectivity index (χ1) is 11.5. The number of amides is 1. The van der Waals surface area contributed by atoms with E-state index in [0.717, 1.165) is 16.5 Å². The van der Waals surface area contributed by atoms with Crippen molar-refractivity contribution in [2.24, 2.45) is 13.0 Å². The van der Waals surface area contributed by atoms with Crippen LogP contribution < -0.4 is 5.32 Å². The Kier molecular flexibility index (Phi) is 4.64. The van der Waals surface area contributed by atoms with E-state index in [9.17, 15) is 4.79 Å². The predicted molar refractivity (Wildman–Crippen MR) is 93.4 cm³/mol. The van der Waals surface area contributed by atoms with Crippen LogP contribution >= 0.6 is 0 Å². The zero-order valence-electron chi connectivity index (χ0n) is 14.3. The summed E-state index contributed by atoms with van der Waals surface area (Å²) in [6, 6.07) is 8.17. The molecule has 0 aliphatic heterocycles. The highest BCUT2D eigenvalue weighted by atomic mass is 16.1. The average molecular weight is 325 g/mol. The van der Waals surface area contributed by atoms with Crippen LogP contribution in [0.15, 0.2) is 42.9 Å². The minimum absolute atomic E-state index is 0.0224. The number of benzene rings is 1. The number of aryl methyl sites for hydroxylation is 1. The SMILES string of the molecule is CC(C)[C@H](Cn1ccnn1)NC(=O)Cc1cn(C)c2ccccc12. The number of aromatic nitrogens is 4. The van der Waals surface area contributed by atoms with Crippen LogP contribution in [0, 0.1) is 5.92 Å². The molecule has 6 nitrogen and oxygen atoms in total. The number of hydrogen-bond acceptors (Lipinski definition) is 3. The summed E-state index contributed by atoms with van der Waals surface area (Å²) in [5.74, 6) is 0.343. The van der Waals surface area contributed by atoms with E-state index in [1.807, 2.05) is 31.6 Å². The van der Waals surface area contributed by atoms with Crippen molar-refractivity contribution in [2.75, 3.05) is 0 Å². The first kappa shape index (κ1) is 16.2. The molecule has 126 valence electrons. The largest absolute Gasteiger partial charge is 0.351 e. The van der Waals surface area contributed by atoms with E-state index < -0.39 is 0 Å². The second kappa shape index (κ2) is 6.86. The van der Waals surface area contributed by atoms with Crippen LogP contribution in [-0.2, 0) is 24.8 Å². The van der Waals surface area contributed by atoms with Gasteiger partial charge in [0.05, 0.1) is 25.2 Å². The van der Waals surface area contributed by atoms with Gasteiger partial charge in [0.15, 0.2) is 0 Å². The van der Waals surface area contributed by atoms with E-state index in [4.69, 9.17) is 0 Å². The Morgan fingerprint density at radius 2 is 2.08 bits per heavy atom. The summed E-state index contributed by atoms with van der Waals surface area (Å²) in [6.07, 6.45) is 5.87. The van der Waals surface area contributed by atoms with Gasteiger partial charge < -0.3 is 9.88 Å². The molecule has 0 saturated heterocycles. The first-order valence-corrected chi connectivity index (χ1v) is 8.21. The second-order valence-electron chi connectivity index (χ2n) is 6.50. The Balaban J connectivity index is 1.71. The first-order valence-electron chi connectivity index (χ1n) is 8.21. The van der Waals surface area contributed by atoms with Gasteiger partial charge in [0.2, 0.25) is 5.91 Å². The molecule has 0 aliphatic carbocycles.